The average Bonchev–Trinajstić information content (AvgIpc) is 2.94. The van der Waals surface area contributed by atoms with Crippen LogP contribution in [0.25, 0.3) is 11.3 Å². The summed E-state index contributed by atoms with van der Waals surface area (Å²) in [5.41, 5.74) is 13.5. The van der Waals surface area contributed by atoms with E-state index in [0.29, 0.717) is 0 Å². The van der Waals surface area contributed by atoms with Gasteiger partial charge in [-0.3, -0.25) is 0 Å². The Morgan fingerprint density at radius 1 is 0.955 bits per heavy atom. The summed E-state index contributed by atoms with van der Waals surface area (Å²) in [5, 5.41) is 6.31. The van der Waals surface area contributed by atoms with Crippen LogP contribution in [0.5, 0.6) is 0 Å². The summed E-state index contributed by atoms with van der Waals surface area (Å²) in [6, 6.07) is 12.3. The van der Waals surface area contributed by atoms with Gasteiger partial charge in [-0.05, 0) is 55.7 Å². The number of aromatic nitrogens is 1. The summed E-state index contributed by atoms with van der Waals surface area (Å²) in [6.45, 7) is 6.30. The molecule has 3 rings (SSSR count). The molecular weight excluding hydrogens is 290 g/mol. The zero-order chi connectivity index (χ0) is 15.7. The third kappa shape index (κ3) is 2.97. The summed E-state index contributed by atoms with van der Waals surface area (Å²) in [5.74, 6) is 0. The maximum atomic E-state index is 5.85. The van der Waals surface area contributed by atoms with Crippen LogP contribution >= 0.6 is 11.3 Å². The van der Waals surface area contributed by atoms with Gasteiger partial charge >= 0.3 is 0 Å². The number of hydrogen-bond acceptors (Lipinski definition) is 4. The number of thiazole rings is 1. The van der Waals surface area contributed by atoms with Crippen molar-refractivity contribution in [3.63, 3.8) is 0 Å². The van der Waals surface area contributed by atoms with Crippen molar-refractivity contribution in [2.45, 2.75) is 20.8 Å². The minimum atomic E-state index is 0.749. The predicted octanol–water partition coefficient (Wildman–Crippen LogP) is 5.06. The molecule has 0 unspecified atom stereocenters. The second kappa shape index (κ2) is 5.81. The van der Waals surface area contributed by atoms with Gasteiger partial charge in [0.2, 0.25) is 0 Å². The van der Waals surface area contributed by atoms with E-state index in [4.69, 9.17) is 5.73 Å². The summed E-state index contributed by atoms with van der Waals surface area (Å²) >= 11 is 1.60. The van der Waals surface area contributed by atoms with Gasteiger partial charge in [-0.15, -0.1) is 11.3 Å². The second-order valence-corrected chi connectivity index (χ2v) is 6.39. The van der Waals surface area contributed by atoms with E-state index >= 15 is 0 Å². The van der Waals surface area contributed by atoms with Crippen molar-refractivity contribution in [2.24, 2.45) is 0 Å². The van der Waals surface area contributed by atoms with Crippen LogP contribution in [0.2, 0.25) is 0 Å². The Bertz CT molecular complexity index is 821. The van der Waals surface area contributed by atoms with Crippen LogP contribution in [-0.2, 0) is 0 Å². The molecule has 0 fully saturated rings. The highest BCUT2D eigenvalue weighted by atomic mass is 32.1. The highest BCUT2D eigenvalue weighted by Gasteiger charge is 2.07. The van der Waals surface area contributed by atoms with E-state index in [1.54, 1.807) is 11.3 Å². The number of nitrogens with two attached hydrogens (primary N) is 1. The van der Waals surface area contributed by atoms with Crippen molar-refractivity contribution in [3.8, 4) is 11.3 Å². The summed E-state index contributed by atoms with van der Waals surface area (Å²) in [6.07, 6.45) is 0. The van der Waals surface area contributed by atoms with Crippen LogP contribution in [-0.4, -0.2) is 4.98 Å². The van der Waals surface area contributed by atoms with E-state index in [0.717, 1.165) is 33.3 Å². The first kappa shape index (κ1) is 14.6. The topological polar surface area (TPSA) is 50.9 Å². The van der Waals surface area contributed by atoms with Crippen molar-refractivity contribution in [2.75, 3.05) is 11.1 Å². The van der Waals surface area contributed by atoms with Gasteiger partial charge < -0.3 is 11.1 Å². The van der Waals surface area contributed by atoms with Crippen molar-refractivity contribution in [1.82, 2.24) is 4.98 Å². The Morgan fingerprint density at radius 2 is 1.73 bits per heavy atom. The van der Waals surface area contributed by atoms with Gasteiger partial charge in [-0.25, -0.2) is 4.98 Å². The fourth-order valence-electron chi connectivity index (χ4n) is 2.25. The Hall–Kier alpha value is -2.33. The molecule has 4 heteroatoms. The lowest BCUT2D eigenvalue weighted by atomic mass is 10.1. The molecule has 0 atom stereocenters. The summed E-state index contributed by atoms with van der Waals surface area (Å²) < 4.78 is 0. The number of rotatable bonds is 3. The van der Waals surface area contributed by atoms with Gasteiger partial charge in [0.15, 0.2) is 5.13 Å². The Labute approximate surface area is 134 Å². The van der Waals surface area contributed by atoms with Crippen LogP contribution in [0.4, 0.5) is 16.5 Å². The third-order valence-electron chi connectivity index (χ3n) is 3.81. The molecule has 3 aromatic rings. The molecule has 1 aromatic heterocycles. The number of anilines is 3. The largest absolute Gasteiger partial charge is 0.399 e. The minimum absolute atomic E-state index is 0.749. The molecule has 0 saturated carbocycles. The SMILES string of the molecule is Cc1ccc(-c2csc(Nc3cc(N)ccc3C)n2)cc1C. The van der Waals surface area contributed by atoms with Gasteiger partial charge in [0, 0.05) is 22.3 Å². The monoisotopic (exact) mass is 309 g/mol. The van der Waals surface area contributed by atoms with Gasteiger partial charge in [0.1, 0.15) is 0 Å². The van der Waals surface area contributed by atoms with Gasteiger partial charge in [-0.1, -0.05) is 18.2 Å². The maximum Gasteiger partial charge on any atom is 0.187 e. The highest BCUT2D eigenvalue weighted by Crippen LogP contribution is 2.29. The molecule has 112 valence electrons. The lowest BCUT2D eigenvalue weighted by molar-refractivity contribution is 1.32. The first-order valence-corrected chi connectivity index (χ1v) is 8.07. The number of hydrogen-bond donors (Lipinski definition) is 2. The molecule has 3 nitrogen and oxygen atoms in total. The average molecular weight is 309 g/mol. The zero-order valence-electron chi connectivity index (χ0n) is 13.0. The lowest BCUT2D eigenvalue weighted by Gasteiger charge is -2.07. The maximum absolute atomic E-state index is 5.85. The molecule has 2 aromatic carbocycles. The van der Waals surface area contributed by atoms with Gasteiger partial charge in [0.05, 0.1) is 5.69 Å². The van der Waals surface area contributed by atoms with Gasteiger partial charge in [-0.2, -0.15) is 0 Å². The Balaban J connectivity index is 1.87. The second-order valence-electron chi connectivity index (χ2n) is 5.54. The standard InChI is InChI=1S/C18H19N3S/c1-11-4-6-14(8-13(11)3)17-10-22-18(21-17)20-16-9-15(19)7-5-12(16)2/h4-10H,19H2,1-3H3,(H,20,21). The van der Waals surface area contributed by atoms with E-state index in [9.17, 15) is 0 Å². The minimum Gasteiger partial charge on any atom is -0.399 e. The van der Waals surface area contributed by atoms with Crippen molar-refractivity contribution in [3.05, 3.63) is 58.5 Å². The molecule has 0 saturated heterocycles. The highest BCUT2D eigenvalue weighted by molar-refractivity contribution is 7.14. The number of aryl methyl sites for hydroxylation is 3. The lowest BCUT2D eigenvalue weighted by Crippen LogP contribution is -1.95. The number of nitrogen functional groups attached to an aromatic ring is 1. The molecule has 22 heavy (non-hydrogen) atoms. The fraction of sp³-hybridized carbons (Fsp3) is 0.167. The molecule has 0 aliphatic heterocycles. The molecule has 0 aliphatic rings. The van der Waals surface area contributed by atoms with Crippen LogP contribution in [0.15, 0.2) is 41.8 Å². The van der Waals surface area contributed by atoms with E-state index < -0.39 is 0 Å². The predicted molar refractivity (Wildman–Crippen MR) is 95.9 cm³/mol. The molecule has 0 spiro atoms. The van der Waals surface area contributed by atoms with E-state index in [1.165, 1.54) is 11.1 Å². The number of nitrogens with zero attached hydrogens (tertiary/aromatic N) is 1. The van der Waals surface area contributed by atoms with Crippen LogP contribution in [0, 0.1) is 20.8 Å². The Morgan fingerprint density at radius 3 is 2.50 bits per heavy atom. The van der Waals surface area contributed by atoms with Crippen molar-refractivity contribution >= 4 is 27.8 Å². The van der Waals surface area contributed by atoms with Crippen LogP contribution in [0.1, 0.15) is 16.7 Å². The molecule has 0 radical (unpaired) electrons. The smallest absolute Gasteiger partial charge is 0.187 e. The zero-order valence-corrected chi connectivity index (χ0v) is 13.8. The van der Waals surface area contributed by atoms with Gasteiger partial charge in [0.25, 0.3) is 0 Å². The van der Waals surface area contributed by atoms with Crippen molar-refractivity contribution < 1.29 is 0 Å². The van der Waals surface area contributed by atoms with E-state index in [1.807, 2.05) is 18.2 Å². The quantitative estimate of drug-likeness (QED) is 0.665. The first-order valence-electron chi connectivity index (χ1n) is 7.19. The fourth-order valence-corrected chi connectivity index (χ4v) is 2.99. The molecule has 0 aliphatic carbocycles. The molecular formula is C18H19N3S. The number of nitrogens with one attached hydrogen (secondary N) is 1. The van der Waals surface area contributed by atoms with E-state index in [-0.39, 0.29) is 0 Å². The van der Waals surface area contributed by atoms with Crippen LogP contribution in [0.3, 0.4) is 0 Å². The first-order chi connectivity index (χ1) is 10.5. The number of benzene rings is 2. The molecule has 3 N–H and O–H groups in total. The summed E-state index contributed by atoms with van der Waals surface area (Å²) in [4.78, 5) is 4.68. The van der Waals surface area contributed by atoms with Crippen molar-refractivity contribution in [1.29, 1.82) is 0 Å². The van der Waals surface area contributed by atoms with E-state index in [2.05, 4.69) is 54.7 Å². The molecule has 0 bridgehead atoms. The summed E-state index contributed by atoms with van der Waals surface area (Å²) in [7, 11) is 0. The normalized spacial score (nSPS) is 10.7. The molecule has 0 amide bonds. The Kier molecular flexibility index (Phi) is 3.86. The molecule has 1 heterocycles. The van der Waals surface area contributed by atoms with Crippen LogP contribution < -0.4 is 11.1 Å². The third-order valence-corrected chi connectivity index (χ3v) is 4.57.